The molecule has 0 bridgehead atoms. The van der Waals surface area contributed by atoms with Crippen molar-refractivity contribution in [2.24, 2.45) is 0 Å². The lowest BCUT2D eigenvalue weighted by atomic mass is 10.0. The molecule has 10 nitrogen and oxygen atoms in total. The molecule has 6 rings (SSSR count). The molecule has 12 heteroatoms. The molecule has 224 valence electrons. The lowest BCUT2D eigenvalue weighted by molar-refractivity contribution is -0.116. The molecule has 4 N–H and O–H groups in total. The second-order valence-corrected chi connectivity index (χ2v) is 10.8. The van der Waals surface area contributed by atoms with Crippen LogP contribution in [0.15, 0.2) is 61.1 Å². The first-order chi connectivity index (χ1) is 21.3. The maximum absolute atomic E-state index is 15.3. The van der Waals surface area contributed by atoms with Crippen molar-refractivity contribution in [2.45, 2.75) is 19.8 Å². The smallest absolute Gasteiger partial charge is 0.224 e. The van der Waals surface area contributed by atoms with Crippen LogP contribution in [0, 0.1) is 11.6 Å². The van der Waals surface area contributed by atoms with E-state index in [1.807, 2.05) is 32.0 Å². The first kappa shape index (κ1) is 28.9. The van der Waals surface area contributed by atoms with E-state index in [9.17, 15) is 9.18 Å². The molecule has 4 aromatic heterocycles. The van der Waals surface area contributed by atoms with Crippen LogP contribution in [0.1, 0.15) is 19.8 Å². The lowest BCUT2D eigenvalue weighted by Crippen LogP contribution is -2.20. The number of halogens is 2. The second kappa shape index (κ2) is 12.2. The van der Waals surface area contributed by atoms with Crippen molar-refractivity contribution < 1.29 is 13.6 Å². The van der Waals surface area contributed by atoms with Crippen LogP contribution >= 0.6 is 0 Å². The maximum Gasteiger partial charge on any atom is 0.224 e. The van der Waals surface area contributed by atoms with E-state index in [1.165, 1.54) is 18.2 Å². The Hall–Kier alpha value is -5.23. The molecule has 4 heterocycles. The molecule has 0 radical (unpaired) electrons. The van der Waals surface area contributed by atoms with Gasteiger partial charge in [-0.2, -0.15) is 5.10 Å². The largest absolute Gasteiger partial charge is 0.384 e. The highest BCUT2D eigenvalue weighted by atomic mass is 19.1. The number of benzene rings is 2. The predicted molar refractivity (Wildman–Crippen MR) is 168 cm³/mol. The van der Waals surface area contributed by atoms with Gasteiger partial charge in [-0.15, -0.1) is 0 Å². The summed E-state index contributed by atoms with van der Waals surface area (Å²) in [5.74, 6) is -0.605. The summed E-state index contributed by atoms with van der Waals surface area (Å²) >= 11 is 0. The number of nitrogens with zero attached hydrogens (tertiary/aromatic N) is 5. The van der Waals surface area contributed by atoms with Crippen molar-refractivity contribution in [2.75, 3.05) is 37.8 Å². The Morgan fingerprint density at radius 1 is 1.00 bits per heavy atom. The Morgan fingerprint density at radius 3 is 2.66 bits per heavy atom. The van der Waals surface area contributed by atoms with Gasteiger partial charge < -0.3 is 20.5 Å². The van der Waals surface area contributed by atoms with Crippen LogP contribution in [0.2, 0.25) is 0 Å². The summed E-state index contributed by atoms with van der Waals surface area (Å²) in [5, 5.41) is 13.7. The number of aromatic nitrogens is 6. The lowest BCUT2D eigenvalue weighted by Gasteiger charge is -2.13. The molecule has 1 amide bonds. The molecule has 2 aromatic carbocycles. The fourth-order valence-corrected chi connectivity index (χ4v) is 5.08. The summed E-state index contributed by atoms with van der Waals surface area (Å²) in [6.45, 7) is 3.39. The number of hydrogen-bond donors (Lipinski definition) is 4. The van der Waals surface area contributed by atoms with Gasteiger partial charge in [0.1, 0.15) is 17.0 Å². The van der Waals surface area contributed by atoms with Crippen LogP contribution in [0.25, 0.3) is 55.8 Å². The van der Waals surface area contributed by atoms with Gasteiger partial charge in [-0.3, -0.25) is 14.9 Å². The number of carbonyl (C=O) groups is 1. The number of nitrogens with one attached hydrogen (secondary N) is 4. The number of imidazole rings is 1. The highest BCUT2D eigenvalue weighted by Crippen LogP contribution is 2.35. The van der Waals surface area contributed by atoms with Crippen molar-refractivity contribution >= 4 is 39.3 Å². The monoisotopic (exact) mass is 595 g/mol. The summed E-state index contributed by atoms with van der Waals surface area (Å²) in [5.41, 5.74) is 5.38. The summed E-state index contributed by atoms with van der Waals surface area (Å²) in [6, 6.07) is 11.5. The van der Waals surface area contributed by atoms with Gasteiger partial charge in [0, 0.05) is 54.1 Å². The molecular weight excluding hydrogens is 564 g/mol. The number of hydrogen-bond acceptors (Lipinski definition) is 7. The third-order valence-corrected chi connectivity index (χ3v) is 7.17. The molecule has 0 fully saturated rings. The van der Waals surface area contributed by atoms with E-state index in [0.29, 0.717) is 74.7 Å². The predicted octanol–water partition coefficient (Wildman–Crippen LogP) is 6.22. The van der Waals surface area contributed by atoms with Crippen LogP contribution in [-0.2, 0) is 4.79 Å². The van der Waals surface area contributed by atoms with Crippen LogP contribution in [0.5, 0.6) is 0 Å². The summed E-state index contributed by atoms with van der Waals surface area (Å²) in [4.78, 5) is 30.7. The van der Waals surface area contributed by atoms with Crippen molar-refractivity contribution in [1.29, 1.82) is 0 Å². The van der Waals surface area contributed by atoms with Crippen LogP contribution in [0.3, 0.4) is 0 Å². The summed E-state index contributed by atoms with van der Waals surface area (Å²) in [7, 11) is 3.95. The molecule has 0 aliphatic heterocycles. The van der Waals surface area contributed by atoms with E-state index in [-0.39, 0.29) is 17.2 Å². The van der Waals surface area contributed by atoms with Gasteiger partial charge >= 0.3 is 0 Å². The van der Waals surface area contributed by atoms with Gasteiger partial charge in [0.25, 0.3) is 0 Å². The van der Waals surface area contributed by atoms with E-state index >= 15 is 4.39 Å². The van der Waals surface area contributed by atoms with E-state index in [4.69, 9.17) is 0 Å². The zero-order valence-corrected chi connectivity index (χ0v) is 24.5. The Labute approximate surface area is 252 Å². The zero-order valence-electron chi connectivity index (χ0n) is 24.5. The number of anilines is 2. The fourth-order valence-electron chi connectivity index (χ4n) is 5.08. The number of fused-ring (bicyclic) bond motifs is 2. The molecule has 0 saturated carbocycles. The van der Waals surface area contributed by atoms with E-state index < -0.39 is 5.82 Å². The Morgan fingerprint density at radius 2 is 1.84 bits per heavy atom. The summed E-state index contributed by atoms with van der Waals surface area (Å²) < 4.78 is 30.0. The van der Waals surface area contributed by atoms with Crippen molar-refractivity contribution in [3.63, 3.8) is 0 Å². The average molecular weight is 596 g/mol. The summed E-state index contributed by atoms with van der Waals surface area (Å²) in [6.07, 6.45) is 5.89. The first-order valence-electron chi connectivity index (χ1n) is 14.3. The zero-order chi connectivity index (χ0) is 30.8. The Balaban J connectivity index is 1.38. The Bertz CT molecular complexity index is 1980. The van der Waals surface area contributed by atoms with E-state index in [0.717, 1.165) is 13.0 Å². The van der Waals surface area contributed by atoms with Crippen LogP contribution in [0.4, 0.5) is 20.2 Å². The highest BCUT2D eigenvalue weighted by Gasteiger charge is 2.19. The van der Waals surface area contributed by atoms with Crippen LogP contribution in [-0.4, -0.2) is 68.1 Å². The molecule has 6 aromatic rings. The number of aromatic amines is 2. The number of amides is 1. The molecule has 0 unspecified atom stereocenters. The third-order valence-electron chi connectivity index (χ3n) is 7.17. The van der Waals surface area contributed by atoms with Crippen molar-refractivity contribution in [1.82, 2.24) is 35.0 Å². The third kappa shape index (κ3) is 5.97. The molecular formula is C32H31F2N9O. The molecule has 0 atom stereocenters. The van der Waals surface area contributed by atoms with E-state index in [2.05, 4.69) is 40.8 Å². The van der Waals surface area contributed by atoms with Crippen molar-refractivity contribution in [3.05, 3.63) is 72.7 Å². The quantitative estimate of drug-likeness (QED) is 0.148. The Kier molecular flexibility index (Phi) is 7.99. The van der Waals surface area contributed by atoms with Gasteiger partial charge in [-0.1, -0.05) is 6.92 Å². The van der Waals surface area contributed by atoms with Gasteiger partial charge in [-0.25, -0.2) is 18.7 Å². The molecule has 0 spiro atoms. The molecule has 0 aliphatic carbocycles. The van der Waals surface area contributed by atoms with Gasteiger partial charge in [0.05, 0.1) is 17.4 Å². The van der Waals surface area contributed by atoms with Gasteiger partial charge in [0.2, 0.25) is 5.91 Å². The standard InChI is InChI=1S/C32H31F2N9O/c1-4-5-27(44)38-23-12-20(16-35-17-23)18-13-25-28(26(34)14-18)41-42-30(25)32-39-29-24(6-7-37-31(29)40-32)19-10-21(33)15-22(11-19)36-8-9-43(2)3/h6-7,10-17,36H,4-5,8-9H2,1-3H3,(H,38,44)(H,41,42)(H,37,39,40). The first-order valence-corrected chi connectivity index (χ1v) is 14.3. The topological polar surface area (TPSA) is 128 Å². The number of pyridine rings is 2. The minimum Gasteiger partial charge on any atom is -0.384 e. The number of H-pyrrole nitrogens is 2. The number of carbonyl (C=O) groups excluding carboxylic acids is 1. The van der Waals surface area contributed by atoms with Gasteiger partial charge in [0.15, 0.2) is 17.3 Å². The molecule has 44 heavy (non-hydrogen) atoms. The average Bonchev–Trinajstić information content (AvgIpc) is 3.61. The maximum atomic E-state index is 15.3. The number of rotatable bonds is 10. The van der Waals surface area contributed by atoms with Crippen molar-refractivity contribution in [3.8, 4) is 33.8 Å². The normalized spacial score (nSPS) is 11.5. The highest BCUT2D eigenvalue weighted by molar-refractivity contribution is 5.98. The number of likely N-dealkylation sites (N-methyl/N-ethyl adjacent to an activating group) is 1. The second-order valence-electron chi connectivity index (χ2n) is 10.8. The fraction of sp³-hybridized carbons (Fsp3) is 0.219. The molecule has 0 saturated heterocycles. The van der Waals surface area contributed by atoms with Crippen LogP contribution < -0.4 is 10.6 Å². The molecule has 0 aliphatic rings. The SMILES string of the molecule is CCCC(=O)Nc1cncc(-c2cc(F)c3n[nH]c(-c4nc5nccc(-c6cc(F)cc(NCCN(C)C)c6)c5[nH]4)c3c2)c1. The van der Waals surface area contributed by atoms with E-state index in [1.54, 1.807) is 36.8 Å². The minimum atomic E-state index is -0.524. The minimum absolute atomic E-state index is 0.113. The van der Waals surface area contributed by atoms with Gasteiger partial charge in [-0.05, 0) is 74.1 Å².